The van der Waals surface area contributed by atoms with Crippen molar-refractivity contribution >= 4 is 40.3 Å². The van der Waals surface area contributed by atoms with E-state index in [0.717, 1.165) is 37.3 Å². The zero-order valence-corrected chi connectivity index (χ0v) is 22.1. The molecule has 40 heavy (non-hydrogen) atoms. The van der Waals surface area contributed by atoms with Crippen LogP contribution in [0.3, 0.4) is 0 Å². The molecule has 0 spiro atoms. The molecule has 0 bridgehead atoms. The quantitative estimate of drug-likeness (QED) is 0.261. The molecule has 9 nitrogen and oxygen atoms in total. The Kier molecular flexibility index (Phi) is 7.80. The Balaban J connectivity index is 1.20. The van der Waals surface area contributed by atoms with Crippen LogP contribution in [0.1, 0.15) is 39.1 Å². The lowest BCUT2D eigenvalue weighted by Gasteiger charge is -2.31. The molecule has 1 aliphatic rings. The van der Waals surface area contributed by atoms with E-state index in [4.69, 9.17) is 0 Å². The highest BCUT2D eigenvalue weighted by atomic mass is 16.3. The van der Waals surface area contributed by atoms with Gasteiger partial charge in [-0.05, 0) is 85.6 Å². The van der Waals surface area contributed by atoms with Crippen molar-refractivity contribution in [2.75, 3.05) is 40.6 Å². The third-order valence-corrected chi connectivity index (χ3v) is 7.04. The summed E-state index contributed by atoms with van der Waals surface area (Å²) in [4.78, 5) is 32.0. The van der Waals surface area contributed by atoms with Gasteiger partial charge in [0, 0.05) is 60.8 Å². The first kappa shape index (κ1) is 26.5. The second-order valence-corrected chi connectivity index (χ2v) is 9.73. The molecule has 4 N–H and O–H groups in total. The molecule has 202 valence electrons. The zero-order valence-electron chi connectivity index (χ0n) is 22.1. The van der Waals surface area contributed by atoms with Crippen LogP contribution in [-0.2, 0) is 0 Å². The Morgan fingerprint density at radius 1 is 0.975 bits per heavy atom. The monoisotopic (exact) mass is 534 g/mol. The zero-order chi connectivity index (χ0) is 28.1. The van der Waals surface area contributed by atoms with Crippen molar-refractivity contribution in [2.24, 2.45) is 0 Å². The number of hydrogen-bond acceptors (Lipinski definition) is 6. The van der Waals surface area contributed by atoms with E-state index in [1.165, 1.54) is 4.90 Å². The maximum Gasteiger partial charge on any atom is 0.259 e. The molecule has 1 aliphatic heterocycles. The van der Waals surface area contributed by atoms with Crippen molar-refractivity contribution in [1.29, 1.82) is 5.26 Å². The summed E-state index contributed by atoms with van der Waals surface area (Å²) in [6, 6.07) is 23.8. The number of amides is 2. The molecular formula is C31H30N6O3. The van der Waals surface area contributed by atoms with E-state index < -0.39 is 0 Å². The van der Waals surface area contributed by atoms with Crippen molar-refractivity contribution in [3.05, 3.63) is 102 Å². The molecule has 4 aromatic rings. The van der Waals surface area contributed by atoms with Crippen molar-refractivity contribution < 1.29 is 14.7 Å². The van der Waals surface area contributed by atoms with Crippen LogP contribution < -0.4 is 20.4 Å². The van der Waals surface area contributed by atoms with Crippen molar-refractivity contribution in [3.8, 4) is 6.07 Å². The molecule has 1 fully saturated rings. The molecule has 3 aromatic carbocycles. The minimum absolute atomic E-state index is 0.179. The number of rotatable bonds is 7. The molecular weight excluding hydrogens is 504 g/mol. The van der Waals surface area contributed by atoms with Gasteiger partial charge in [-0.1, -0.05) is 0 Å². The maximum atomic E-state index is 12.8. The highest BCUT2D eigenvalue weighted by Crippen LogP contribution is 2.27. The Bertz CT molecular complexity index is 1520. The summed E-state index contributed by atoms with van der Waals surface area (Å²) in [6.45, 7) is 1.61. The number of hydrogen-bond donors (Lipinski definition) is 4. The number of nitrogens with zero attached hydrogens (tertiary/aromatic N) is 3. The smallest absolute Gasteiger partial charge is 0.259 e. The van der Waals surface area contributed by atoms with Crippen LogP contribution in [-0.4, -0.2) is 48.1 Å². The van der Waals surface area contributed by atoms with E-state index in [9.17, 15) is 20.0 Å². The number of aliphatic hydroxyl groups excluding tert-OH is 1. The molecule has 1 aromatic heterocycles. The Hall–Kier alpha value is -5.07. The van der Waals surface area contributed by atoms with E-state index in [1.54, 1.807) is 55.8 Å². The van der Waals surface area contributed by atoms with Crippen LogP contribution in [0.5, 0.6) is 0 Å². The van der Waals surface area contributed by atoms with E-state index in [0.29, 0.717) is 33.8 Å². The predicted octanol–water partition coefficient (Wildman–Crippen LogP) is 5.12. The van der Waals surface area contributed by atoms with Crippen LogP contribution in [0.4, 0.5) is 28.4 Å². The van der Waals surface area contributed by atoms with Gasteiger partial charge in [0.25, 0.3) is 11.8 Å². The highest BCUT2D eigenvalue weighted by Gasteiger charge is 2.18. The molecule has 9 heteroatoms. The van der Waals surface area contributed by atoms with Gasteiger partial charge in [0.2, 0.25) is 0 Å². The van der Waals surface area contributed by atoms with Crippen LogP contribution in [0.15, 0.2) is 85.2 Å². The minimum Gasteiger partial charge on any atom is -0.393 e. The summed E-state index contributed by atoms with van der Waals surface area (Å²) >= 11 is 0. The SMILES string of the molecule is CN(C(=O)c1cc[nH]c1)c1ccc(Nc2ccc(NC(=O)c3ccc(N4CCC(O)CC4)cc3)cc2)c(C#N)c1. The van der Waals surface area contributed by atoms with E-state index >= 15 is 0 Å². The molecule has 0 atom stereocenters. The highest BCUT2D eigenvalue weighted by molar-refractivity contribution is 6.06. The van der Waals surface area contributed by atoms with Gasteiger partial charge in [-0.15, -0.1) is 0 Å². The Labute approximate surface area is 232 Å². The maximum absolute atomic E-state index is 12.8. The van der Waals surface area contributed by atoms with Gasteiger partial charge in [-0.2, -0.15) is 5.26 Å². The lowest BCUT2D eigenvalue weighted by atomic mass is 10.1. The minimum atomic E-state index is -0.226. The number of carbonyl (C=O) groups excluding carboxylic acids is 2. The van der Waals surface area contributed by atoms with Gasteiger partial charge in [-0.3, -0.25) is 9.59 Å². The average Bonchev–Trinajstić information content (AvgIpc) is 3.53. The first-order valence-corrected chi connectivity index (χ1v) is 13.1. The summed E-state index contributed by atoms with van der Waals surface area (Å²) in [7, 11) is 1.67. The molecule has 2 heterocycles. The number of carbonyl (C=O) groups is 2. The van der Waals surface area contributed by atoms with Crippen LogP contribution in [0, 0.1) is 11.3 Å². The van der Waals surface area contributed by atoms with Gasteiger partial charge in [0.1, 0.15) is 6.07 Å². The number of nitrogens with one attached hydrogen (secondary N) is 3. The number of anilines is 5. The van der Waals surface area contributed by atoms with Gasteiger partial charge in [-0.25, -0.2) is 0 Å². The topological polar surface area (TPSA) is 124 Å². The molecule has 2 amide bonds. The summed E-state index contributed by atoms with van der Waals surface area (Å²) in [5.41, 5.74) is 5.13. The molecule has 0 aliphatic carbocycles. The second-order valence-electron chi connectivity index (χ2n) is 9.73. The van der Waals surface area contributed by atoms with Crippen LogP contribution in [0.2, 0.25) is 0 Å². The number of benzene rings is 3. The third kappa shape index (κ3) is 5.98. The van der Waals surface area contributed by atoms with Crippen LogP contribution in [0.25, 0.3) is 0 Å². The second kappa shape index (κ2) is 11.8. The van der Waals surface area contributed by atoms with E-state index in [1.807, 2.05) is 36.4 Å². The third-order valence-electron chi connectivity index (χ3n) is 7.04. The Morgan fingerprint density at radius 3 is 2.33 bits per heavy atom. The van der Waals surface area contributed by atoms with Crippen molar-refractivity contribution in [1.82, 2.24) is 4.98 Å². The number of nitriles is 1. The van der Waals surface area contributed by atoms with Gasteiger partial charge in [0.15, 0.2) is 0 Å². The van der Waals surface area contributed by atoms with Gasteiger partial charge >= 0.3 is 0 Å². The van der Waals surface area contributed by atoms with Crippen molar-refractivity contribution in [2.45, 2.75) is 18.9 Å². The standard InChI is InChI=1S/C31H30N6O3/c1-36(31(40)22-12-15-33-20-22)27-10-11-29(23(18-27)19-32)34-24-4-6-25(7-5-24)35-30(39)21-2-8-26(9-3-21)37-16-13-28(38)14-17-37/h2-12,15,18,20,28,33-34,38H,13-14,16-17H2,1H3,(H,35,39). The van der Waals surface area contributed by atoms with Crippen molar-refractivity contribution in [3.63, 3.8) is 0 Å². The fourth-order valence-electron chi connectivity index (χ4n) is 4.65. The predicted molar refractivity (Wildman–Crippen MR) is 156 cm³/mol. The normalized spacial score (nSPS) is 13.4. The summed E-state index contributed by atoms with van der Waals surface area (Å²) < 4.78 is 0. The molecule has 0 saturated carbocycles. The largest absolute Gasteiger partial charge is 0.393 e. The fraction of sp³-hybridized carbons (Fsp3) is 0.194. The van der Waals surface area contributed by atoms with E-state index in [2.05, 4.69) is 26.6 Å². The molecule has 5 rings (SSSR count). The fourth-order valence-corrected chi connectivity index (χ4v) is 4.65. The number of aromatic nitrogens is 1. The lowest BCUT2D eigenvalue weighted by molar-refractivity contribution is 0.0991. The van der Waals surface area contributed by atoms with Gasteiger partial charge < -0.3 is 30.5 Å². The average molecular weight is 535 g/mol. The molecule has 0 unspecified atom stereocenters. The van der Waals surface area contributed by atoms with E-state index in [-0.39, 0.29) is 17.9 Å². The number of H-pyrrole nitrogens is 1. The summed E-state index contributed by atoms with van der Waals surface area (Å²) in [5.74, 6) is -0.385. The lowest BCUT2D eigenvalue weighted by Crippen LogP contribution is -2.35. The summed E-state index contributed by atoms with van der Waals surface area (Å²) in [5, 5.41) is 25.6. The first-order valence-electron chi connectivity index (χ1n) is 13.1. The number of aliphatic hydroxyl groups is 1. The van der Waals surface area contributed by atoms with Crippen LogP contribution >= 0.6 is 0 Å². The molecule has 0 radical (unpaired) electrons. The molecule has 1 saturated heterocycles. The number of piperidine rings is 1. The number of aromatic amines is 1. The first-order chi connectivity index (χ1) is 19.4. The summed E-state index contributed by atoms with van der Waals surface area (Å²) in [6.07, 6.45) is 4.60. The Morgan fingerprint density at radius 2 is 1.68 bits per heavy atom. The van der Waals surface area contributed by atoms with Gasteiger partial charge in [0.05, 0.1) is 22.9 Å².